The SMILES string of the molecule is CC(CC(=O)O)c1ccc(-c2c(-c3cn(C)nc3F)[nH]c3ncc4c(c23)n(C2CCCC2)c(=O)n4C)c(F)c1.CNC(=O)OC. The first-order valence-corrected chi connectivity index (χ1v) is 14.5. The third kappa shape index (κ3) is 5.79. The summed E-state index contributed by atoms with van der Waals surface area (Å²) < 4.78 is 39.8. The first-order valence-electron chi connectivity index (χ1n) is 14.5. The predicted octanol–water partition coefficient (Wildman–Crippen LogP) is 5.23. The number of carbonyl (C=O) groups is 2. The van der Waals surface area contributed by atoms with E-state index in [1.165, 1.54) is 31.1 Å². The van der Waals surface area contributed by atoms with Gasteiger partial charge in [-0.2, -0.15) is 4.39 Å². The minimum Gasteiger partial charge on any atom is -0.481 e. The highest BCUT2D eigenvalue weighted by molar-refractivity contribution is 6.14. The van der Waals surface area contributed by atoms with Crippen molar-refractivity contribution in [3.8, 4) is 22.4 Å². The third-order valence-corrected chi connectivity index (χ3v) is 8.32. The number of hydrogen-bond donors (Lipinski definition) is 3. The van der Waals surface area contributed by atoms with E-state index in [1.807, 2.05) is 0 Å². The maximum atomic E-state index is 16.0. The van der Waals surface area contributed by atoms with Crippen LogP contribution in [0.4, 0.5) is 13.6 Å². The fraction of sp³-hybridized carbons (Fsp3) is 0.387. The molecule has 6 rings (SSSR count). The molecule has 1 unspecified atom stereocenters. The Hall–Kier alpha value is -5.01. The summed E-state index contributed by atoms with van der Waals surface area (Å²) in [5.74, 6) is -2.69. The molecule has 1 aliphatic carbocycles. The number of carbonyl (C=O) groups excluding carboxylic acids is 1. The molecule has 1 aromatic carbocycles. The van der Waals surface area contributed by atoms with Crippen LogP contribution >= 0.6 is 0 Å². The molecule has 0 spiro atoms. The Morgan fingerprint density at radius 2 is 1.91 bits per heavy atom. The number of benzene rings is 1. The molecule has 45 heavy (non-hydrogen) atoms. The van der Waals surface area contributed by atoms with Gasteiger partial charge in [0.1, 0.15) is 11.5 Å². The zero-order valence-corrected chi connectivity index (χ0v) is 25.6. The van der Waals surface area contributed by atoms with Gasteiger partial charge in [-0.05, 0) is 30.4 Å². The average Bonchev–Trinajstić information content (AvgIpc) is 3.78. The van der Waals surface area contributed by atoms with Crippen molar-refractivity contribution in [2.45, 2.75) is 51.0 Å². The quantitative estimate of drug-likeness (QED) is 0.235. The summed E-state index contributed by atoms with van der Waals surface area (Å²) in [6.07, 6.45) is 6.32. The molecule has 1 atom stereocenters. The number of halogens is 2. The smallest absolute Gasteiger partial charge is 0.406 e. The summed E-state index contributed by atoms with van der Waals surface area (Å²) in [6.45, 7) is 1.72. The van der Waals surface area contributed by atoms with Gasteiger partial charge < -0.3 is 20.1 Å². The number of imidazole rings is 1. The number of amides is 1. The van der Waals surface area contributed by atoms with E-state index in [0.717, 1.165) is 25.7 Å². The van der Waals surface area contributed by atoms with Crippen LogP contribution in [-0.2, 0) is 23.6 Å². The first kappa shape index (κ1) is 31.4. The van der Waals surface area contributed by atoms with Gasteiger partial charge in [0.25, 0.3) is 0 Å². The molecule has 3 N–H and O–H groups in total. The number of pyridine rings is 1. The second-order valence-electron chi connectivity index (χ2n) is 11.2. The van der Waals surface area contributed by atoms with Gasteiger partial charge >= 0.3 is 17.8 Å². The molecule has 0 radical (unpaired) electrons. The maximum Gasteiger partial charge on any atom is 0.406 e. The number of aromatic nitrogens is 6. The fourth-order valence-electron chi connectivity index (χ4n) is 6.10. The van der Waals surface area contributed by atoms with E-state index in [4.69, 9.17) is 0 Å². The number of fused-ring (bicyclic) bond motifs is 3. The number of aliphatic carboxylic acids is 1. The van der Waals surface area contributed by atoms with Crippen molar-refractivity contribution in [3.05, 3.63) is 58.4 Å². The highest BCUT2D eigenvalue weighted by atomic mass is 19.1. The van der Waals surface area contributed by atoms with Crippen molar-refractivity contribution >= 4 is 34.1 Å². The Bertz CT molecular complexity index is 1960. The topological polar surface area (TPSA) is 149 Å². The summed E-state index contributed by atoms with van der Waals surface area (Å²) in [4.78, 5) is 42.3. The molecule has 1 fully saturated rings. The van der Waals surface area contributed by atoms with Crippen LogP contribution in [0.25, 0.3) is 44.5 Å². The lowest BCUT2D eigenvalue weighted by atomic mass is 9.93. The highest BCUT2D eigenvalue weighted by Gasteiger charge is 2.29. The van der Waals surface area contributed by atoms with Crippen LogP contribution < -0.4 is 11.0 Å². The van der Waals surface area contributed by atoms with E-state index < -0.39 is 29.7 Å². The van der Waals surface area contributed by atoms with Crippen molar-refractivity contribution < 1.29 is 28.2 Å². The van der Waals surface area contributed by atoms with Crippen molar-refractivity contribution in [1.82, 2.24) is 34.2 Å². The number of nitrogens with one attached hydrogen (secondary N) is 2. The molecule has 4 aromatic heterocycles. The Kier molecular flexibility index (Phi) is 8.75. The Balaban J connectivity index is 0.000000609. The zero-order valence-electron chi connectivity index (χ0n) is 25.6. The summed E-state index contributed by atoms with van der Waals surface area (Å²) in [5, 5.41) is 15.8. The third-order valence-electron chi connectivity index (χ3n) is 8.32. The Morgan fingerprint density at radius 1 is 1.20 bits per heavy atom. The van der Waals surface area contributed by atoms with Crippen LogP contribution in [0, 0.1) is 11.8 Å². The Labute approximate surface area is 256 Å². The van der Waals surface area contributed by atoms with E-state index >= 15 is 8.78 Å². The Morgan fingerprint density at radius 3 is 2.47 bits per heavy atom. The van der Waals surface area contributed by atoms with Crippen LogP contribution in [0.5, 0.6) is 0 Å². The minimum absolute atomic E-state index is 0.00257. The molecule has 1 aliphatic rings. The van der Waals surface area contributed by atoms with Crippen molar-refractivity contribution in [2.24, 2.45) is 14.1 Å². The summed E-state index contributed by atoms with van der Waals surface area (Å²) in [7, 11) is 6.11. The molecule has 5 aromatic rings. The van der Waals surface area contributed by atoms with E-state index in [2.05, 4.69) is 25.1 Å². The molecule has 12 nitrogen and oxygen atoms in total. The lowest BCUT2D eigenvalue weighted by Gasteiger charge is -2.14. The number of rotatable bonds is 6. The van der Waals surface area contributed by atoms with E-state index in [1.54, 1.807) is 48.5 Å². The average molecular weight is 624 g/mol. The van der Waals surface area contributed by atoms with Crippen LogP contribution in [0.2, 0.25) is 0 Å². The number of carboxylic acid groups (broad SMARTS) is 1. The van der Waals surface area contributed by atoms with Gasteiger partial charge in [-0.15, -0.1) is 5.10 Å². The van der Waals surface area contributed by atoms with Gasteiger partial charge in [0.05, 0.1) is 47.4 Å². The standard InChI is InChI=1S/C28H28F2N6O3.C3H7NO2/c1-14(10-21(37)38)15-8-9-17(19(29)11-15)22-23-25-20(35(3)28(39)36(25)16-6-4-5-7-16)12-31-27(23)32-24(22)18-13-34(2)33-26(18)30;1-4-3(5)6-2/h8-9,11-14,16H,4-7,10H2,1-3H3,(H,31,32)(H,37,38);1-2H3,(H,4,5). The fourth-order valence-corrected chi connectivity index (χ4v) is 6.10. The summed E-state index contributed by atoms with van der Waals surface area (Å²) in [5.41, 5.74) is 3.01. The van der Waals surface area contributed by atoms with Gasteiger partial charge in [-0.1, -0.05) is 31.9 Å². The van der Waals surface area contributed by atoms with Crippen molar-refractivity contribution in [1.29, 1.82) is 0 Å². The van der Waals surface area contributed by atoms with Crippen LogP contribution in [-0.4, -0.2) is 60.2 Å². The number of aromatic amines is 1. The molecule has 14 heteroatoms. The molecule has 0 aliphatic heterocycles. The summed E-state index contributed by atoms with van der Waals surface area (Å²) in [6, 6.07) is 4.60. The molecule has 238 valence electrons. The maximum absolute atomic E-state index is 16.0. The number of ether oxygens (including phenoxy) is 1. The van der Waals surface area contributed by atoms with Gasteiger partial charge in [0, 0.05) is 44.5 Å². The lowest BCUT2D eigenvalue weighted by Crippen LogP contribution is -2.24. The second-order valence-corrected chi connectivity index (χ2v) is 11.2. The molecule has 4 heterocycles. The van der Waals surface area contributed by atoms with Crippen molar-refractivity contribution in [3.63, 3.8) is 0 Å². The van der Waals surface area contributed by atoms with Gasteiger partial charge in [0.15, 0.2) is 0 Å². The monoisotopic (exact) mass is 623 g/mol. The van der Waals surface area contributed by atoms with Gasteiger partial charge in [0.2, 0.25) is 5.95 Å². The van der Waals surface area contributed by atoms with E-state index in [9.17, 15) is 19.5 Å². The second kappa shape index (κ2) is 12.5. The molecule has 0 bridgehead atoms. The first-order chi connectivity index (χ1) is 21.5. The minimum atomic E-state index is -0.972. The predicted molar refractivity (Wildman–Crippen MR) is 164 cm³/mol. The van der Waals surface area contributed by atoms with Gasteiger partial charge in [-0.25, -0.2) is 19.0 Å². The number of carboxylic acids is 1. The number of hydrogen-bond acceptors (Lipinski definition) is 6. The molecular formula is C31H35F2N7O5. The normalized spacial score (nSPS) is 14.0. The summed E-state index contributed by atoms with van der Waals surface area (Å²) >= 11 is 0. The number of nitrogens with zero attached hydrogens (tertiary/aromatic N) is 5. The van der Waals surface area contributed by atoms with Crippen LogP contribution in [0.15, 0.2) is 35.4 Å². The molecule has 0 saturated heterocycles. The number of H-pyrrole nitrogens is 1. The lowest BCUT2D eigenvalue weighted by molar-refractivity contribution is -0.137. The van der Waals surface area contributed by atoms with Gasteiger partial charge in [-0.3, -0.25) is 18.6 Å². The van der Waals surface area contributed by atoms with E-state index in [-0.39, 0.29) is 29.3 Å². The largest absolute Gasteiger partial charge is 0.481 e. The van der Waals surface area contributed by atoms with Crippen molar-refractivity contribution in [2.75, 3.05) is 14.2 Å². The van der Waals surface area contributed by atoms with E-state index in [0.29, 0.717) is 38.9 Å². The molecule has 1 amide bonds. The van der Waals surface area contributed by atoms with Crippen LogP contribution in [0.3, 0.4) is 0 Å². The number of methoxy groups -OCH3 is 1. The highest BCUT2D eigenvalue weighted by Crippen LogP contribution is 2.44. The number of aryl methyl sites for hydroxylation is 2. The molecule has 1 saturated carbocycles. The number of alkyl carbamates (subject to hydrolysis) is 1. The van der Waals surface area contributed by atoms with Crippen LogP contribution in [0.1, 0.15) is 56.6 Å². The zero-order chi connectivity index (χ0) is 32.6. The molecular weight excluding hydrogens is 588 g/mol.